The third-order valence-electron chi connectivity index (χ3n) is 4.77. The second kappa shape index (κ2) is 6.02. The van der Waals surface area contributed by atoms with E-state index in [0.717, 1.165) is 5.54 Å². The SMILES string of the molecule is CCC(C)[Si](C)(C)OC(CC)(CC)[Si](C)(C)C. The first-order chi connectivity index (χ1) is 7.56. The zero-order valence-corrected chi connectivity index (χ0v) is 15.6. The van der Waals surface area contributed by atoms with Crippen LogP contribution in [0.1, 0.15) is 47.0 Å². The van der Waals surface area contributed by atoms with E-state index in [1.165, 1.54) is 19.3 Å². The number of hydrogen-bond acceptors (Lipinski definition) is 1. The molecule has 1 nitrogen and oxygen atoms in total. The quantitative estimate of drug-likeness (QED) is 0.561. The predicted molar refractivity (Wildman–Crippen MR) is 84.9 cm³/mol. The molecule has 0 N–H and O–H groups in total. The highest BCUT2D eigenvalue weighted by Crippen LogP contribution is 2.38. The molecule has 0 aliphatic rings. The molecule has 17 heavy (non-hydrogen) atoms. The lowest BCUT2D eigenvalue weighted by atomic mass is 10.2. The molecule has 0 bridgehead atoms. The molecule has 0 aliphatic carbocycles. The Balaban J connectivity index is 5.14. The lowest BCUT2D eigenvalue weighted by Crippen LogP contribution is -2.59. The summed E-state index contributed by atoms with van der Waals surface area (Å²) in [5, 5.41) is 0.187. The van der Waals surface area contributed by atoms with Crippen molar-refractivity contribution in [3.8, 4) is 0 Å². The van der Waals surface area contributed by atoms with Gasteiger partial charge in [-0.25, -0.2) is 0 Å². The molecule has 0 spiro atoms. The molecule has 104 valence electrons. The van der Waals surface area contributed by atoms with Gasteiger partial charge in [0, 0.05) is 5.22 Å². The first kappa shape index (κ1) is 17.4. The molecular weight excluding hydrogens is 240 g/mol. The molecule has 1 unspecified atom stereocenters. The van der Waals surface area contributed by atoms with Gasteiger partial charge >= 0.3 is 0 Å². The third-order valence-corrected chi connectivity index (χ3v) is 12.2. The minimum Gasteiger partial charge on any atom is -0.414 e. The Morgan fingerprint density at radius 1 is 0.941 bits per heavy atom. The van der Waals surface area contributed by atoms with E-state index in [1.54, 1.807) is 0 Å². The molecule has 0 aromatic carbocycles. The van der Waals surface area contributed by atoms with Crippen molar-refractivity contribution in [2.45, 2.75) is 90.5 Å². The fraction of sp³-hybridized carbons (Fsp3) is 1.00. The predicted octanol–water partition coefficient (Wildman–Crippen LogP) is 5.44. The molecule has 0 aromatic heterocycles. The van der Waals surface area contributed by atoms with E-state index >= 15 is 0 Å². The Hall–Kier alpha value is 0.394. The van der Waals surface area contributed by atoms with E-state index in [0.29, 0.717) is 0 Å². The lowest BCUT2D eigenvalue weighted by Gasteiger charge is -2.49. The number of rotatable bonds is 7. The first-order valence-corrected chi connectivity index (χ1v) is 13.7. The summed E-state index contributed by atoms with van der Waals surface area (Å²) >= 11 is 0. The summed E-state index contributed by atoms with van der Waals surface area (Å²) in [6.07, 6.45) is 3.59. The second-order valence-corrected chi connectivity index (χ2v) is 16.8. The van der Waals surface area contributed by atoms with Gasteiger partial charge in [-0.15, -0.1) is 0 Å². The van der Waals surface area contributed by atoms with Crippen molar-refractivity contribution in [1.82, 2.24) is 0 Å². The molecule has 0 heterocycles. The first-order valence-electron chi connectivity index (χ1n) is 7.26. The van der Waals surface area contributed by atoms with E-state index in [9.17, 15) is 0 Å². The summed E-state index contributed by atoms with van der Waals surface area (Å²) in [6.45, 7) is 21.5. The maximum atomic E-state index is 6.84. The van der Waals surface area contributed by atoms with Crippen LogP contribution in [-0.2, 0) is 4.43 Å². The van der Waals surface area contributed by atoms with Crippen LogP contribution >= 0.6 is 0 Å². The largest absolute Gasteiger partial charge is 0.414 e. The summed E-state index contributed by atoms with van der Waals surface area (Å²) in [6, 6.07) is 0. The van der Waals surface area contributed by atoms with Gasteiger partial charge < -0.3 is 4.43 Å². The van der Waals surface area contributed by atoms with E-state index in [-0.39, 0.29) is 5.22 Å². The Morgan fingerprint density at radius 3 is 1.59 bits per heavy atom. The zero-order chi connectivity index (χ0) is 13.9. The summed E-state index contributed by atoms with van der Waals surface area (Å²) in [5.74, 6) is 0. The van der Waals surface area contributed by atoms with Crippen molar-refractivity contribution in [2.24, 2.45) is 0 Å². The summed E-state index contributed by atoms with van der Waals surface area (Å²) < 4.78 is 6.84. The standard InChI is InChI=1S/C14H34OSi2/c1-10-13(4)17(8,9)15-14(11-2,12-3)16(5,6)7/h13H,10-12H2,1-9H3. The fourth-order valence-electron chi connectivity index (χ4n) is 2.70. The molecule has 3 heteroatoms. The maximum Gasteiger partial charge on any atom is 0.189 e. The van der Waals surface area contributed by atoms with Crippen LogP contribution in [0.3, 0.4) is 0 Å². The van der Waals surface area contributed by atoms with E-state index in [4.69, 9.17) is 4.43 Å². The van der Waals surface area contributed by atoms with Gasteiger partial charge in [0.15, 0.2) is 8.32 Å². The van der Waals surface area contributed by atoms with Crippen molar-refractivity contribution >= 4 is 16.4 Å². The van der Waals surface area contributed by atoms with Gasteiger partial charge in [-0.2, -0.15) is 0 Å². The summed E-state index contributed by atoms with van der Waals surface area (Å²) in [4.78, 5) is 0. The van der Waals surface area contributed by atoms with E-state index in [2.05, 4.69) is 60.4 Å². The van der Waals surface area contributed by atoms with Crippen LogP contribution in [0.4, 0.5) is 0 Å². The molecule has 0 saturated carbocycles. The molecule has 1 atom stereocenters. The Morgan fingerprint density at radius 2 is 1.35 bits per heavy atom. The smallest absolute Gasteiger partial charge is 0.189 e. The average Bonchev–Trinajstić information content (AvgIpc) is 2.22. The molecule has 0 amide bonds. The van der Waals surface area contributed by atoms with Gasteiger partial charge in [0.2, 0.25) is 0 Å². The van der Waals surface area contributed by atoms with Crippen LogP contribution in [0.5, 0.6) is 0 Å². The minimum absolute atomic E-state index is 0.187. The monoisotopic (exact) mass is 274 g/mol. The average molecular weight is 275 g/mol. The van der Waals surface area contributed by atoms with Crippen molar-refractivity contribution in [3.63, 3.8) is 0 Å². The van der Waals surface area contributed by atoms with Crippen LogP contribution in [0, 0.1) is 0 Å². The van der Waals surface area contributed by atoms with Crippen molar-refractivity contribution < 1.29 is 4.43 Å². The highest BCUT2D eigenvalue weighted by atomic mass is 28.4. The highest BCUT2D eigenvalue weighted by Gasteiger charge is 2.46. The molecule has 0 aliphatic heterocycles. The van der Waals surface area contributed by atoms with Crippen molar-refractivity contribution in [1.29, 1.82) is 0 Å². The van der Waals surface area contributed by atoms with Gasteiger partial charge in [0.1, 0.15) is 0 Å². The molecule has 0 radical (unpaired) electrons. The third kappa shape index (κ3) is 3.93. The van der Waals surface area contributed by atoms with Crippen LogP contribution in [0.25, 0.3) is 0 Å². The van der Waals surface area contributed by atoms with Crippen LogP contribution in [0.2, 0.25) is 38.3 Å². The molecule has 0 rings (SSSR count). The van der Waals surface area contributed by atoms with E-state index < -0.39 is 16.4 Å². The van der Waals surface area contributed by atoms with Crippen molar-refractivity contribution in [2.75, 3.05) is 0 Å². The molecule has 0 saturated heterocycles. The maximum absolute atomic E-state index is 6.84. The van der Waals surface area contributed by atoms with Crippen LogP contribution in [0.15, 0.2) is 0 Å². The highest BCUT2D eigenvalue weighted by molar-refractivity contribution is 6.81. The van der Waals surface area contributed by atoms with E-state index in [1.807, 2.05) is 0 Å². The van der Waals surface area contributed by atoms with Gasteiger partial charge in [0.05, 0.1) is 8.07 Å². The fourth-order valence-corrected chi connectivity index (χ4v) is 9.32. The lowest BCUT2D eigenvalue weighted by molar-refractivity contribution is 0.121. The Bertz CT molecular complexity index is 227. The van der Waals surface area contributed by atoms with Crippen LogP contribution < -0.4 is 0 Å². The Kier molecular flexibility index (Phi) is 6.16. The minimum atomic E-state index is -1.56. The van der Waals surface area contributed by atoms with Crippen molar-refractivity contribution in [3.05, 3.63) is 0 Å². The topological polar surface area (TPSA) is 9.23 Å². The molecule has 0 aromatic rings. The van der Waals surface area contributed by atoms with Gasteiger partial charge in [-0.3, -0.25) is 0 Å². The summed E-state index contributed by atoms with van der Waals surface area (Å²) in [7, 11) is -2.85. The normalized spacial score (nSPS) is 16.1. The second-order valence-electron chi connectivity index (χ2n) is 6.97. The van der Waals surface area contributed by atoms with Gasteiger partial charge in [0.25, 0.3) is 0 Å². The number of hydrogen-bond donors (Lipinski definition) is 0. The van der Waals surface area contributed by atoms with Crippen LogP contribution in [-0.4, -0.2) is 21.6 Å². The molecular formula is C14H34OSi2. The molecule has 0 fully saturated rings. The zero-order valence-electron chi connectivity index (χ0n) is 13.6. The van der Waals surface area contributed by atoms with Gasteiger partial charge in [-0.1, -0.05) is 53.8 Å². The van der Waals surface area contributed by atoms with Gasteiger partial charge in [-0.05, 0) is 31.5 Å². The summed E-state index contributed by atoms with van der Waals surface area (Å²) in [5.41, 5.74) is 0.747. The Labute approximate surface area is 111 Å².